The van der Waals surface area contributed by atoms with Crippen LogP contribution in [0.3, 0.4) is 0 Å². The summed E-state index contributed by atoms with van der Waals surface area (Å²) in [7, 11) is 0. The van der Waals surface area contributed by atoms with Crippen LogP contribution in [-0.4, -0.2) is 6.67 Å². The van der Waals surface area contributed by atoms with E-state index in [-0.39, 0.29) is 26.9 Å². The van der Waals surface area contributed by atoms with Gasteiger partial charge in [0.1, 0.15) is 0 Å². The van der Waals surface area contributed by atoms with Gasteiger partial charge in [0.15, 0.2) is 0 Å². The van der Waals surface area contributed by atoms with Crippen LogP contribution in [0.4, 0.5) is 22.7 Å². The van der Waals surface area contributed by atoms with E-state index in [1.807, 2.05) is 18.2 Å². The third-order valence-corrected chi connectivity index (χ3v) is 3.80. The number of hydrogen-bond donors (Lipinski definition) is 0. The smallest absolute Gasteiger partial charge is 0.358 e. The number of nitrogens with zero attached hydrogens (tertiary/aromatic N) is 2. The van der Waals surface area contributed by atoms with Crippen LogP contribution in [-0.2, 0) is 19.5 Å². The molecule has 117 valence electrons. The third-order valence-electron chi connectivity index (χ3n) is 3.80. The average molecular weight is 389 g/mol. The average Bonchev–Trinajstić information content (AvgIpc) is 2.96. The molecule has 0 bridgehead atoms. The summed E-state index contributed by atoms with van der Waals surface area (Å²) in [4.78, 5) is 4.62. The Balaban J connectivity index is 0.000000960. The second-order valence-electron chi connectivity index (χ2n) is 5.07. The molecule has 3 heteroatoms. The van der Waals surface area contributed by atoms with Crippen LogP contribution in [0.5, 0.6) is 0 Å². The van der Waals surface area contributed by atoms with E-state index in [1.165, 1.54) is 17.1 Å². The molecule has 23 heavy (non-hydrogen) atoms. The van der Waals surface area contributed by atoms with E-state index in [2.05, 4.69) is 76.5 Å². The van der Waals surface area contributed by atoms with E-state index < -0.39 is 0 Å². The molecule has 0 saturated carbocycles. The van der Waals surface area contributed by atoms with Crippen molar-refractivity contribution >= 4 is 22.7 Å². The van der Waals surface area contributed by atoms with Gasteiger partial charge in [-0.1, -0.05) is 36.0 Å². The van der Waals surface area contributed by atoms with Gasteiger partial charge in [-0.05, 0) is 24.3 Å². The Labute approximate surface area is 151 Å². The second kappa shape index (κ2) is 7.43. The molecule has 0 aromatic heterocycles. The number of hydrogen-bond acceptors (Lipinski definition) is 2. The first-order valence-corrected chi connectivity index (χ1v) is 7.09. The first-order chi connectivity index (χ1) is 10.4. The maximum Gasteiger partial charge on any atom is 2.00 e. The Hall–Kier alpha value is -2.12. The molecule has 4 rings (SSSR count). The van der Waals surface area contributed by atoms with Crippen molar-refractivity contribution in [3.8, 4) is 0 Å². The van der Waals surface area contributed by atoms with Gasteiger partial charge >= 0.3 is 19.5 Å². The van der Waals surface area contributed by atoms with Crippen molar-refractivity contribution in [2.45, 2.75) is 0 Å². The number of rotatable bonds is 2. The van der Waals surface area contributed by atoms with Gasteiger partial charge in [-0.25, -0.2) is 0 Å². The van der Waals surface area contributed by atoms with E-state index in [9.17, 15) is 0 Å². The van der Waals surface area contributed by atoms with Crippen molar-refractivity contribution in [3.63, 3.8) is 0 Å². The summed E-state index contributed by atoms with van der Waals surface area (Å²) in [5.74, 6) is 0. The van der Waals surface area contributed by atoms with E-state index in [0.29, 0.717) is 0 Å². The number of fused-ring (bicyclic) bond motifs is 1. The van der Waals surface area contributed by atoms with Gasteiger partial charge in [-0.15, -0.1) is 6.07 Å². The Morgan fingerprint density at radius 1 is 0.696 bits per heavy atom. The summed E-state index contributed by atoms with van der Waals surface area (Å²) >= 11 is 0. The Kier molecular flexibility index (Phi) is 5.57. The Bertz CT molecular complexity index is 679. The summed E-state index contributed by atoms with van der Waals surface area (Å²) in [6, 6.07) is 30.5. The normalized spacial score (nSPS) is 12.2. The summed E-state index contributed by atoms with van der Waals surface area (Å²) in [5, 5.41) is 0. The molecule has 0 unspecified atom stereocenters. The zero-order chi connectivity index (χ0) is 14.1. The molecule has 0 spiro atoms. The quantitative estimate of drug-likeness (QED) is 0.440. The molecule has 0 fully saturated rings. The van der Waals surface area contributed by atoms with Gasteiger partial charge in [-0.3, -0.25) is 0 Å². The molecule has 1 radical (unpaired) electrons. The van der Waals surface area contributed by atoms with Crippen LogP contribution in [0, 0.1) is 13.5 Å². The van der Waals surface area contributed by atoms with Crippen molar-refractivity contribution in [1.82, 2.24) is 0 Å². The summed E-state index contributed by atoms with van der Waals surface area (Å²) in [5.41, 5.74) is 4.77. The fourth-order valence-electron chi connectivity index (χ4n) is 2.80. The van der Waals surface area contributed by atoms with Crippen molar-refractivity contribution in [2.75, 3.05) is 16.5 Å². The minimum absolute atomic E-state index is 0. The molecule has 1 aliphatic heterocycles. The summed E-state index contributed by atoms with van der Waals surface area (Å²) < 4.78 is 0. The molecule has 3 aromatic rings. The second-order valence-corrected chi connectivity index (χ2v) is 5.07. The van der Waals surface area contributed by atoms with Crippen molar-refractivity contribution in [2.24, 2.45) is 0 Å². The molecule has 0 aliphatic carbocycles. The molecule has 1 heterocycles. The van der Waals surface area contributed by atoms with Gasteiger partial charge in [0.2, 0.25) is 0 Å². The van der Waals surface area contributed by atoms with E-state index in [0.717, 1.165) is 12.4 Å². The summed E-state index contributed by atoms with van der Waals surface area (Å²) in [6.45, 7) is 0.809. The molecule has 2 nitrogen and oxygen atoms in total. The number of anilines is 4. The molecule has 3 aromatic carbocycles. The van der Waals surface area contributed by atoms with Crippen LogP contribution in [0.25, 0.3) is 0 Å². The molecule has 1 aliphatic rings. The maximum atomic E-state index is 3.32. The summed E-state index contributed by atoms with van der Waals surface area (Å²) in [6.07, 6.45) is 0. The molecule has 0 amide bonds. The fourth-order valence-corrected chi connectivity index (χ4v) is 2.80. The predicted octanol–water partition coefficient (Wildman–Crippen LogP) is 5.18. The molecular weight excluding hydrogens is 371 g/mol. The largest absolute Gasteiger partial charge is 2.00 e. The van der Waals surface area contributed by atoms with Crippen LogP contribution in [0.15, 0.2) is 78.9 Å². The van der Waals surface area contributed by atoms with Gasteiger partial charge < -0.3 is 17.2 Å². The number of para-hydroxylation sites is 4. The van der Waals surface area contributed by atoms with E-state index >= 15 is 0 Å². The first-order valence-electron chi connectivity index (χ1n) is 7.09. The Morgan fingerprint density at radius 3 is 1.96 bits per heavy atom. The predicted molar refractivity (Wildman–Crippen MR) is 93.7 cm³/mol. The van der Waals surface area contributed by atoms with Gasteiger partial charge in [-0.2, -0.15) is 24.3 Å². The van der Waals surface area contributed by atoms with E-state index in [1.54, 1.807) is 0 Å². The van der Waals surface area contributed by atoms with Crippen molar-refractivity contribution in [3.05, 3.63) is 92.4 Å². The van der Waals surface area contributed by atoms with Gasteiger partial charge in [0, 0.05) is 5.69 Å². The van der Waals surface area contributed by atoms with Gasteiger partial charge in [0.25, 0.3) is 0 Å². The zero-order valence-electron chi connectivity index (χ0n) is 12.9. The van der Waals surface area contributed by atoms with Crippen molar-refractivity contribution in [1.29, 1.82) is 0 Å². The molecule has 0 atom stereocenters. The van der Waals surface area contributed by atoms with Crippen molar-refractivity contribution < 1.29 is 19.5 Å². The van der Waals surface area contributed by atoms with Crippen LogP contribution < -0.4 is 9.80 Å². The minimum Gasteiger partial charge on any atom is -0.358 e. The minimum atomic E-state index is 0. The topological polar surface area (TPSA) is 6.48 Å². The van der Waals surface area contributed by atoms with E-state index in [4.69, 9.17) is 0 Å². The molecule has 0 N–H and O–H groups in total. The van der Waals surface area contributed by atoms with Gasteiger partial charge in [0.05, 0.1) is 18.0 Å². The van der Waals surface area contributed by atoms with Crippen LogP contribution >= 0.6 is 0 Å². The number of benzene rings is 3. The zero-order valence-corrected chi connectivity index (χ0v) is 14.6. The van der Waals surface area contributed by atoms with Crippen LogP contribution in [0.2, 0.25) is 0 Å². The first kappa shape index (κ1) is 17.2. The maximum absolute atomic E-state index is 3.32. The Morgan fingerprint density at radius 2 is 1.30 bits per heavy atom. The monoisotopic (exact) mass is 389 g/mol. The molecular formula is C20H18N2Rh. The third kappa shape index (κ3) is 3.16. The molecule has 0 saturated heterocycles. The standard InChI is InChI=1S/C19H15N2.CH3.Rh/c1-3-9-16(10-4-1)20-15-21(17-11-5-2-6-12-17)19-14-8-7-13-18(19)20;;/h1-11,13-14H,15H2;1H3;/q2*-1;+2. The fraction of sp³-hybridized carbons (Fsp3) is 0.0500. The van der Waals surface area contributed by atoms with Crippen LogP contribution in [0.1, 0.15) is 0 Å². The SMILES string of the molecule is [CH3-].[Rh+2].[c-]1ccccc1N1CN(c2ccccc2)c2ccccc21.